The molecule has 3 unspecified atom stereocenters. The summed E-state index contributed by atoms with van der Waals surface area (Å²) in [5.74, 6) is 0.00912. The van der Waals surface area contributed by atoms with Crippen LogP contribution in [-0.4, -0.2) is 73.8 Å². The summed E-state index contributed by atoms with van der Waals surface area (Å²) in [4.78, 5) is 22.5. The lowest BCUT2D eigenvalue weighted by Gasteiger charge is -2.21. The molecule has 0 aromatic carbocycles. The largest absolute Gasteiger partial charge is 0.472 e. The van der Waals surface area contributed by atoms with E-state index in [0.717, 1.165) is 32.1 Å². The van der Waals surface area contributed by atoms with Crippen LogP contribution in [0.15, 0.2) is 6.33 Å². The summed E-state index contributed by atoms with van der Waals surface area (Å²) in [5.41, 5.74) is 6.16. The number of hydrogen-bond donors (Lipinski definition) is 3. The predicted molar refractivity (Wildman–Crippen MR) is 199 cm³/mol. The van der Waals surface area contributed by atoms with E-state index in [-0.39, 0.29) is 35.0 Å². The van der Waals surface area contributed by atoms with Crippen molar-refractivity contribution in [3.05, 3.63) is 11.6 Å². The Morgan fingerprint density at radius 1 is 0.902 bits per heavy atom. The fourth-order valence-electron chi connectivity index (χ4n) is 6.46. The molecule has 1 saturated heterocycles. The number of unbranched alkanes of at least 4 members (excludes halogenated alkanes) is 18. The predicted octanol–water partition coefficient (Wildman–Crippen LogP) is 9.41. The zero-order chi connectivity index (χ0) is 36.9. The highest BCUT2D eigenvalue weighted by molar-refractivity contribution is 7.47. The number of ether oxygens (including phenoxy) is 2. The second-order valence-electron chi connectivity index (χ2n) is 13.9. The lowest BCUT2D eigenvalue weighted by atomic mass is 10.0. The van der Waals surface area contributed by atoms with Gasteiger partial charge in [0.2, 0.25) is 5.28 Å². The molecule has 4 N–H and O–H groups in total. The zero-order valence-electron chi connectivity index (χ0n) is 30.9. The number of phosphoric acid groups is 1. The van der Waals surface area contributed by atoms with E-state index < -0.39 is 39.0 Å². The molecule has 15 heteroatoms. The summed E-state index contributed by atoms with van der Waals surface area (Å²) in [7, 11) is -4.58. The third-order valence-electron chi connectivity index (χ3n) is 9.55. The van der Waals surface area contributed by atoms with Crippen LogP contribution < -0.4 is 5.73 Å². The van der Waals surface area contributed by atoms with Gasteiger partial charge in [0.05, 0.1) is 25.6 Å². The topological polar surface area (TPSA) is 164 Å². The van der Waals surface area contributed by atoms with Gasteiger partial charge in [0.25, 0.3) is 0 Å². The summed E-state index contributed by atoms with van der Waals surface area (Å²) in [6, 6.07) is 0. The molecule has 0 aliphatic carbocycles. The first-order chi connectivity index (χ1) is 24.7. The van der Waals surface area contributed by atoms with Gasteiger partial charge in [-0.05, 0) is 24.4 Å². The second-order valence-corrected chi connectivity index (χ2v) is 15.7. The number of imidazole rings is 1. The molecule has 0 amide bonds. The fourth-order valence-corrected chi connectivity index (χ4v) is 7.39. The zero-order valence-corrected chi connectivity index (χ0v) is 32.6. The van der Waals surface area contributed by atoms with E-state index in [4.69, 9.17) is 35.9 Å². The molecule has 3 rings (SSSR count). The van der Waals surface area contributed by atoms with Crippen molar-refractivity contribution in [1.29, 1.82) is 0 Å². The van der Waals surface area contributed by atoms with Gasteiger partial charge in [-0.15, -0.1) is 0 Å². The van der Waals surface area contributed by atoms with E-state index >= 15 is 4.39 Å². The highest BCUT2D eigenvalue weighted by Crippen LogP contribution is 2.45. The van der Waals surface area contributed by atoms with Gasteiger partial charge >= 0.3 is 7.82 Å². The van der Waals surface area contributed by atoms with E-state index in [1.54, 1.807) is 0 Å². The lowest BCUT2D eigenvalue weighted by molar-refractivity contribution is -0.0494. The van der Waals surface area contributed by atoms with Crippen molar-refractivity contribution in [2.75, 3.05) is 25.6 Å². The first-order valence-electron chi connectivity index (χ1n) is 19.5. The molecular weight excluding hydrogens is 700 g/mol. The molecule has 3 heterocycles. The van der Waals surface area contributed by atoms with Crippen molar-refractivity contribution in [2.24, 2.45) is 0 Å². The van der Waals surface area contributed by atoms with Crippen LogP contribution in [0, 0.1) is 0 Å². The molecule has 294 valence electrons. The number of rotatable bonds is 30. The summed E-state index contributed by atoms with van der Waals surface area (Å²) in [6.07, 6.45) is 19.8. The highest BCUT2D eigenvalue weighted by atomic mass is 35.5. The van der Waals surface area contributed by atoms with Crippen molar-refractivity contribution < 1.29 is 37.5 Å². The molecule has 0 bridgehead atoms. The minimum atomic E-state index is -4.58. The van der Waals surface area contributed by atoms with Crippen molar-refractivity contribution >= 4 is 36.4 Å². The molecule has 2 aromatic rings. The van der Waals surface area contributed by atoms with Gasteiger partial charge in [-0.2, -0.15) is 9.97 Å². The SMILES string of the molecule is CCCCCCCCCCCCCCC(COP(=O)(O)OC[C@H]1O[C@@H](n2cnc3c(N)nc(Cl)nc32)[C@H](F)C1O)OCCCCCCCCCC. The number of fused-ring (bicyclic) bond motifs is 1. The minimum Gasteiger partial charge on any atom is -0.387 e. The number of anilines is 1. The summed E-state index contributed by atoms with van der Waals surface area (Å²) < 4.78 is 51.7. The number of aliphatic hydroxyl groups is 1. The lowest BCUT2D eigenvalue weighted by Crippen LogP contribution is -2.31. The maximum absolute atomic E-state index is 15.2. The molecule has 0 radical (unpaired) electrons. The van der Waals surface area contributed by atoms with Gasteiger partial charge in [0, 0.05) is 6.61 Å². The summed E-state index contributed by atoms with van der Waals surface area (Å²) in [6.45, 7) is 4.32. The number of alkyl halides is 1. The molecule has 2 aromatic heterocycles. The van der Waals surface area contributed by atoms with Gasteiger partial charge in [-0.25, -0.2) is 13.9 Å². The molecule has 1 aliphatic heterocycles. The Hall–Kier alpha value is -1.44. The first-order valence-corrected chi connectivity index (χ1v) is 21.4. The second kappa shape index (κ2) is 24.8. The number of nitrogen functional groups attached to an aromatic ring is 1. The molecule has 1 fully saturated rings. The third kappa shape index (κ3) is 16.2. The smallest absolute Gasteiger partial charge is 0.387 e. The summed E-state index contributed by atoms with van der Waals surface area (Å²) >= 11 is 5.92. The number of phosphoric ester groups is 1. The van der Waals surface area contributed by atoms with Crippen LogP contribution in [0.2, 0.25) is 5.28 Å². The number of halogens is 2. The van der Waals surface area contributed by atoms with Crippen molar-refractivity contribution in [2.45, 2.75) is 179 Å². The van der Waals surface area contributed by atoms with Gasteiger partial charge in [-0.1, -0.05) is 136 Å². The van der Waals surface area contributed by atoms with Crippen LogP contribution in [0.5, 0.6) is 0 Å². The number of hydrogen-bond acceptors (Lipinski definition) is 10. The average molecular weight is 764 g/mol. The van der Waals surface area contributed by atoms with Crippen LogP contribution in [0.1, 0.15) is 155 Å². The maximum Gasteiger partial charge on any atom is 0.472 e. The Labute approximate surface area is 309 Å². The normalized spacial score (nSPS) is 21.1. The molecule has 51 heavy (non-hydrogen) atoms. The average Bonchev–Trinajstić information content (AvgIpc) is 3.65. The van der Waals surface area contributed by atoms with Crippen LogP contribution in [0.25, 0.3) is 11.2 Å². The molecule has 0 spiro atoms. The number of nitrogens with zero attached hydrogens (tertiary/aromatic N) is 4. The Balaban J connectivity index is 1.42. The Morgan fingerprint density at radius 2 is 1.45 bits per heavy atom. The van der Waals surface area contributed by atoms with Crippen LogP contribution in [0.4, 0.5) is 10.2 Å². The molecule has 6 atom stereocenters. The quantitative estimate of drug-likeness (QED) is 0.0394. The van der Waals surface area contributed by atoms with E-state index in [2.05, 4.69) is 28.8 Å². The van der Waals surface area contributed by atoms with Crippen LogP contribution in [-0.2, 0) is 23.1 Å². The van der Waals surface area contributed by atoms with Crippen molar-refractivity contribution in [1.82, 2.24) is 19.5 Å². The number of aromatic nitrogens is 4. The number of nitrogens with two attached hydrogens (primary N) is 1. The standard InChI is InChI=1S/C36H64ClFN5O7P/c1-3-5-7-9-11-13-14-15-16-17-19-21-23-28(47-24-22-20-18-12-10-8-6-4-2)25-48-51(45,46)49-26-29-32(44)30(38)35(50-29)43-27-40-31-33(39)41-36(37)42-34(31)43/h27-30,32,35,44H,3-26H2,1-2H3,(H,45,46)(H2,39,41,42)/t28?,29-,30-,32?,35-/m1/s1. The Kier molecular flexibility index (Phi) is 21.4. The van der Waals surface area contributed by atoms with E-state index in [9.17, 15) is 14.6 Å². The minimum absolute atomic E-state index is 0.00912. The highest BCUT2D eigenvalue weighted by Gasteiger charge is 2.47. The number of aliphatic hydroxyl groups excluding tert-OH is 1. The van der Waals surface area contributed by atoms with Crippen LogP contribution in [0.3, 0.4) is 0 Å². The van der Waals surface area contributed by atoms with E-state index in [1.807, 2.05) is 0 Å². The van der Waals surface area contributed by atoms with Crippen molar-refractivity contribution in [3.8, 4) is 0 Å². The van der Waals surface area contributed by atoms with E-state index in [1.165, 1.54) is 107 Å². The molecule has 1 aliphatic rings. The fraction of sp³-hybridized carbons (Fsp3) is 0.861. The van der Waals surface area contributed by atoms with Gasteiger partial charge < -0.3 is 25.2 Å². The molecule has 0 saturated carbocycles. The van der Waals surface area contributed by atoms with Crippen LogP contribution >= 0.6 is 19.4 Å². The van der Waals surface area contributed by atoms with Gasteiger partial charge in [0.1, 0.15) is 17.7 Å². The van der Waals surface area contributed by atoms with Gasteiger partial charge in [0.15, 0.2) is 23.9 Å². The van der Waals surface area contributed by atoms with Gasteiger partial charge in [-0.3, -0.25) is 13.6 Å². The molecular formula is C36H64ClFN5O7P. The first kappa shape index (κ1) is 44.0. The summed E-state index contributed by atoms with van der Waals surface area (Å²) in [5, 5.41) is 10.4. The van der Waals surface area contributed by atoms with E-state index in [0.29, 0.717) is 13.0 Å². The van der Waals surface area contributed by atoms with Crippen molar-refractivity contribution in [3.63, 3.8) is 0 Å². The Morgan fingerprint density at radius 3 is 2.04 bits per heavy atom. The molecule has 12 nitrogen and oxygen atoms in total. The Bertz CT molecular complexity index is 1280. The maximum atomic E-state index is 15.2. The third-order valence-corrected chi connectivity index (χ3v) is 10.7. The monoisotopic (exact) mass is 763 g/mol.